The summed E-state index contributed by atoms with van der Waals surface area (Å²) in [4.78, 5) is 0. The third-order valence-electron chi connectivity index (χ3n) is 3.31. The first-order valence-corrected chi connectivity index (χ1v) is 6.86. The Bertz CT molecular complexity index is 407. The van der Waals surface area contributed by atoms with Crippen LogP contribution in [0.15, 0.2) is 18.2 Å². The van der Waals surface area contributed by atoms with Crippen molar-refractivity contribution < 1.29 is 14.2 Å². The molecule has 1 saturated carbocycles. The maximum atomic E-state index is 13.3. The van der Waals surface area contributed by atoms with E-state index < -0.39 is 6.10 Å². The molecule has 106 valence electrons. The van der Waals surface area contributed by atoms with Crippen LogP contribution in [0.1, 0.15) is 24.0 Å². The van der Waals surface area contributed by atoms with E-state index in [0.29, 0.717) is 25.3 Å². The molecule has 0 spiro atoms. The first-order valence-electron chi connectivity index (χ1n) is 6.86. The molecule has 0 amide bonds. The van der Waals surface area contributed by atoms with Gasteiger partial charge in [-0.15, -0.1) is 0 Å². The zero-order valence-electron chi connectivity index (χ0n) is 11.4. The molecule has 3 nitrogen and oxygen atoms in total. The number of aliphatic hydroxyl groups excluding tert-OH is 1. The zero-order chi connectivity index (χ0) is 13.7. The highest BCUT2D eigenvalue weighted by atomic mass is 19.1. The molecule has 2 N–H and O–H groups in total. The van der Waals surface area contributed by atoms with Gasteiger partial charge in [0.2, 0.25) is 0 Å². The van der Waals surface area contributed by atoms with Crippen molar-refractivity contribution in [1.29, 1.82) is 0 Å². The largest absolute Gasteiger partial charge is 0.389 e. The van der Waals surface area contributed by atoms with Crippen LogP contribution in [-0.4, -0.2) is 31.0 Å². The molecule has 0 heterocycles. The number of benzene rings is 1. The van der Waals surface area contributed by atoms with Crippen molar-refractivity contribution in [3.05, 3.63) is 35.1 Å². The summed E-state index contributed by atoms with van der Waals surface area (Å²) in [5, 5.41) is 12.8. The molecular formula is C15H22FNO2. The lowest BCUT2D eigenvalue weighted by molar-refractivity contribution is 0.0324. The van der Waals surface area contributed by atoms with Crippen LogP contribution < -0.4 is 5.32 Å². The average Bonchev–Trinajstić information content (AvgIpc) is 3.18. The minimum atomic E-state index is -0.506. The fraction of sp³-hybridized carbons (Fsp3) is 0.600. The van der Waals surface area contributed by atoms with Gasteiger partial charge in [0.05, 0.1) is 12.7 Å². The van der Waals surface area contributed by atoms with Crippen LogP contribution in [0.4, 0.5) is 4.39 Å². The van der Waals surface area contributed by atoms with Crippen LogP contribution >= 0.6 is 0 Å². The van der Waals surface area contributed by atoms with E-state index in [9.17, 15) is 9.50 Å². The lowest BCUT2D eigenvalue weighted by Gasteiger charge is -2.12. The molecule has 0 bridgehead atoms. The number of hydrogen-bond donors (Lipinski definition) is 2. The summed E-state index contributed by atoms with van der Waals surface area (Å²) in [5.74, 6) is 0.531. The minimum absolute atomic E-state index is 0.187. The number of aryl methyl sites for hydroxylation is 1. The van der Waals surface area contributed by atoms with E-state index in [0.717, 1.165) is 18.1 Å². The fourth-order valence-corrected chi connectivity index (χ4v) is 1.84. The monoisotopic (exact) mass is 267 g/mol. The summed E-state index contributed by atoms with van der Waals surface area (Å²) in [6.07, 6.45) is 2.01. The van der Waals surface area contributed by atoms with Gasteiger partial charge >= 0.3 is 0 Å². The lowest BCUT2D eigenvalue weighted by Crippen LogP contribution is -2.30. The number of aliphatic hydroxyl groups is 1. The van der Waals surface area contributed by atoms with E-state index in [1.807, 2.05) is 6.07 Å². The summed E-state index contributed by atoms with van der Waals surface area (Å²) < 4.78 is 18.7. The van der Waals surface area contributed by atoms with Gasteiger partial charge in [-0.25, -0.2) is 4.39 Å². The van der Waals surface area contributed by atoms with Gasteiger partial charge in [0, 0.05) is 19.7 Å². The van der Waals surface area contributed by atoms with E-state index >= 15 is 0 Å². The second kappa shape index (κ2) is 6.98. The third kappa shape index (κ3) is 5.27. The molecule has 2 rings (SSSR count). The molecule has 0 radical (unpaired) electrons. The third-order valence-corrected chi connectivity index (χ3v) is 3.31. The second-order valence-corrected chi connectivity index (χ2v) is 5.35. The van der Waals surface area contributed by atoms with Gasteiger partial charge < -0.3 is 15.2 Å². The van der Waals surface area contributed by atoms with E-state index in [-0.39, 0.29) is 5.82 Å². The first kappa shape index (κ1) is 14.4. The highest BCUT2D eigenvalue weighted by Crippen LogP contribution is 2.28. The SMILES string of the molecule is Cc1ccc(CNCC(O)COCC2CC2)cc1F. The van der Waals surface area contributed by atoms with Gasteiger partial charge in [0.1, 0.15) is 5.82 Å². The molecule has 1 atom stereocenters. The molecule has 4 heteroatoms. The lowest BCUT2D eigenvalue weighted by atomic mass is 10.1. The number of nitrogens with one attached hydrogen (secondary N) is 1. The van der Waals surface area contributed by atoms with E-state index in [1.54, 1.807) is 13.0 Å². The molecule has 0 aliphatic heterocycles. The van der Waals surface area contributed by atoms with Crippen molar-refractivity contribution in [2.45, 2.75) is 32.4 Å². The maximum absolute atomic E-state index is 13.3. The van der Waals surface area contributed by atoms with Gasteiger partial charge in [-0.2, -0.15) is 0 Å². The van der Waals surface area contributed by atoms with Crippen LogP contribution in [0.2, 0.25) is 0 Å². The zero-order valence-corrected chi connectivity index (χ0v) is 11.4. The van der Waals surface area contributed by atoms with Crippen LogP contribution in [0.25, 0.3) is 0 Å². The van der Waals surface area contributed by atoms with E-state index in [1.165, 1.54) is 18.9 Å². The second-order valence-electron chi connectivity index (χ2n) is 5.35. The first-order chi connectivity index (χ1) is 9.15. The van der Waals surface area contributed by atoms with Crippen molar-refractivity contribution in [3.63, 3.8) is 0 Å². The van der Waals surface area contributed by atoms with Crippen molar-refractivity contribution in [2.24, 2.45) is 5.92 Å². The average molecular weight is 267 g/mol. The van der Waals surface area contributed by atoms with Gasteiger partial charge in [0.25, 0.3) is 0 Å². The highest BCUT2D eigenvalue weighted by Gasteiger charge is 2.21. The fourth-order valence-electron chi connectivity index (χ4n) is 1.84. The molecule has 1 fully saturated rings. The molecule has 1 aliphatic rings. The van der Waals surface area contributed by atoms with Crippen molar-refractivity contribution in [3.8, 4) is 0 Å². The van der Waals surface area contributed by atoms with Crippen molar-refractivity contribution in [1.82, 2.24) is 5.32 Å². The molecule has 19 heavy (non-hydrogen) atoms. The van der Waals surface area contributed by atoms with Crippen LogP contribution in [-0.2, 0) is 11.3 Å². The number of ether oxygens (including phenoxy) is 1. The molecular weight excluding hydrogens is 245 g/mol. The number of halogens is 1. The maximum Gasteiger partial charge on any atom is 0.126 e. The number of hydrogen-bond acceptors (Lipinski definition) is 3. The molecule has 1 aliphatic carbocycles. The predicted octanol–water partition coefficient (Wildman–Crippen LogP) is 2.01. The molecule has 0 aromatic heterocycles. The van der Waals surface area contributed by atoms with Crippen molar-refractivity contribution in [2.75, 3.05) is 19.8 Å². The number of rotatable bonds is 8. The molecule has 0 saturated heterocycles. The quantitative estimate of drug-likeness (QED) is 0.757. The van der Waals surface area contributed by atoms with Gasteiger partial charge in [-0.3, -0.25) is 0 Å². The Labute approximate surface area is 113 Å². The van der Waals surface area contributed by atoms with Gasteiger partial charge in [-0.1, -0.05) is 12.1 Å². The highest BCUT2D eigenvalue weighted by molar-refractivity contribution is 5.23. The Morgan fingerprint density at radius 3 is 2.95 bits per heavy atom. The summed E-state index contributed by atoms with van der Waals surface area (Å²) in [6.45, 7) is 3.89. The Morgan fingerprint density at radius 2 is 2.26 bits per heavy atom. The normalized spacial score (nSPS) is 16.6. The minimum Gasteiger partial charge on any atom is -0.389 e. The summed E-state index contributed by atoms with van der Waals surface area (Å²) in [7, 11) is 0. The van der Waals surface area contributed by atoms with E-state index in [4.69, 9.17) is 4.74 Å². The Balaban J connectivity index is 1.60. The Morgan fingerprint density at radius 1 is 1.47 bits per heavy atom. The smallest absolute Gasteiger partial charge is 0.126 e. The summed E-state index contributed by atoms with van der Waals surface area (Å²) >= 11 is 0. The van der Waals surface area contributed by atoms with Gasteiger partial charge in [0.15, 0.2) is 0 Å². The Hall–Kier alpha value is -0.970. The predicted molar refractivity (Wildman–Crippen MR) is 72.4 cm³/mol. The molecule has 1 aromatic rings. The van der Waals surface area contributed by atoms with Crippen LogP contribution in [0.3, 0.4) is 0 Å². The standard InChI is InChI=1S/C15H22FNO2/c1-11-2-3-13(6-15(11)16)7-17-8-14(18)10-19-9-12-4-5-12/h2-3,6,12,14,17-18H,4-5,7-10H2,1H3. The summed E-state index contributed by atoms with van der Waals surface area (Å²) in [6, 6.07) is 5.18. The van der Waals surface area contributed by atoms with Crippen LogP contribution in [0, 0.1) is 18.7 Å². The van der Waals surface area contributed by atoms with Crippen molar-refractivity contribution >= 4 is 0 Å². The van der Waals surface area contributed by atoms with E-state index in [2.05, 4.69) is 5.32 Å². The topological polar surface area (TPSA) is 41.5 Å². The molecule has 1 aromatic carbocycles. The van der Waals surface area contributed by atoms with Gasteiger partial charge in [-0.05, 0) is 42.9 Å². The summed E-state index contributed by atoms with van der Waals surface area (Å²) in [5.41, 5.74) is 1.53. The molecule has 1 unspecified atom stereocenters. The van der Waals surface area contributed by atoms with Crippen LogP contribution in [0.5, 0.6) is 0 Å². The Kier molecular flexibility index (Phi) is 5.31.